The molecule has 0 spiro atoms. The first kappa shape index (κ1) is 9.70. The molecule has 3 heteroatoms. The summed E-state index contributed by atoms with van der Waals surface area (Å²) in [4.78, 5) is 4.43. The molecule has 1 heterocycles. The molecule has 0 bridgehead atoms. The zero-order valence-corrected chi connectivity index (χ0v) is 9.39. The van der Waals surface area contributed by atoms with Gasteiger partial charge in [-0.3, -0.25) is 0 Å². The topological polar surface area (TPSA) is 43.8 Å². The van der Waals surface area contributed by atoms with Crippen LogP contribution in [0, 0.1) is 0 Å². The Kier molecular flexibility index (Phi) is 2.31. The molecule has 16 heavy (non-hydrogen) atoms. The number of aromatic nitrogens is 2. The molecule has 0 unspecified atom stereocenters. The van der Waals surface area contributed by atoms with Crippen molar-refractivity contribution in [2.24, 2.45) is 0 Å². The number of fused-ring (bicyclic) bond motifs is 1. The predicted molar refractivity (Wildman–Crippen MR) is 66.3 cm³/mol. The second-order valence-electron chi connectivity index (χ2n) is 4.62. The molecule has 3 nitrogen and oxygen atoms in total. The van der Waals surface area contributed by atoms with Crippen molar-refractivity contribution in [1.29, 1.82) is 0 Å². The quantitative estimate of drug-likeness (QED) is 0.794. The normalized spacial score (nSPS) is 18.0. The lowest BCUT2D eigenvalue weighted by Gasteiger charge is -2.24. The van der Waals surface area contributed by atoms with Gasteiger partial charge in [0, 0.05) is 6.04 Å². The summed E-state index contributed by atoms with van der Waals surface area (Å²) in [5.74, 6) is 0.674. The molecule has 1 aromatic carbocycles. The number of nitrogen functional groups attached to an aromatic ring is 1. The monoisotopic (exact) mass is 215 g/mol. The first-order valence-electron chi connectivity index (χ1n) is 6.09. The fraction of sp³-hybridized carbons (Fsp3) is 0.462. The number of benzene rings is 1. The molecule has 3 rings (SSSR count). The molecule has 84 valence electrons. The van der Waals surface area contributed by atoms with E-state index in [1.54, 1.807) is 0 Å². The lowest BCUT2D eigenvalue weighted by molar-refractivity contribution is 0.363. The van der Waals surface area contributed by atoms with Crippen LogP contribution in [-0.4, -0.2) is 9.55 Å². The van der Waals surface area contributed by atoms with Gasteiger partial charge in [0.1, 0.15) is 0 Å². The number of imidazole rings is 1. The van der Waals surface area contributed by atoms with E-state index in [1.165, 1.54) is 37.6 Å². The molecule has 0 aliphatic heterocycles. The number of hydrogen-bond acceptors (Lipinski definition) is 2. The Morgan fingerprint density at radius 2 is 1.88 bits per heavy atom. The Morgan fingerprint density at radius 3 is 2.69 bits per heavy atom. The molecule has 1 saturated carbocycles. The maximum Gasteiger partial charge on any atom is 0.201 e. The van der Waals surface area contributed by atoms with E-state index in [1.807, 2.05) is 12.1 Å². The third-order valence-electron chi connectivity index (χ3n) is 3.56. The first-order chi connectivity index (χ1) is 7.86. The highest BCUT2D eigenvalue weighted by molar-refractivity contribution is 5.78. The lowest BCUT2D eigenvalue weighted by atomic mass is 9.95. The SMILES string of the molecule is Nc1nc2ccccc2n1C1CCCCC1. The average Bonchev–Trinajstić information content (AvgIpc) is 2.66. The van der Waals surface area contributed by atoms with Gasteiger partial charge in [-0.05, 0) is 25.0 Å². The molecule has 2 aromatic rings. The van der Waals surface area contributed by atoms with Crippen LogP contribution in [-0.2, 0) is 0 Å². The summed E-state index contributed by atoms with van der Waals surface area (Å²) in [6, 6.07) is 8.78. The summed E-state index contributed by atoms with van der Waals surface area (Å²) < 4.78 is 2.23. The smallest absolute Gasteiger partial charge is 0.201 e. The second kappa shape index (κ2) is 3.81. The number of nitrogens with two attached hydrogens (primary N) is 1. The van der Waals surface area contributed by atoms with Crippen molar-refractivity contribution >= 4 is 17.0 Å². The molecular weight excluding hydrogens is 198 g/mol. The molecule has 0 radical (unpaired) electrons. The first-order valence-corrected chi connectivity index (χ1v) is 6.09. The van der Waals surface area contributed by atoms with E-state index < -0.39 is 0 Å². The summed E-state index contributed by atoms with van der Waals surface area (Å²) >= 11 is 0. The molecule has 0 amide bonds. The summed E-state index contributed by atoms with van der Waals surface area (Å²) in [6.45, 7) is 0. The molecular formula is C13H17N3. The third kappa shape index (κ3) is 1.47. The van der Waals surface area contributed by atoms with Crippen molar-refractivity contribution in [3.63, 3.8) is 0 Å². The predicted octanol–water partition coefficient (Wildman–Crippen LogP) is 3.12. The average molecular weight is 215 g/mol. The van der Waals surface area contributed by atoms with E-state index in [0.717, 1.165) is 5.52 Å². The Bertz CT molecular complexity index is 495. The molecule has 0 atom stereocenters. The molecule has 2 N–H and O–H groups in total. The molecule has 1 aliphatic carbocycles. The fourth-order valence-corrected chi connectivity index (χ4v) is 2.79. The van der Waals surface area contributed by atoms with Gasteiger partial charge in [0.05, 0.1) is 11.0 Å². The van der Waals surface area contributed by atoms with E-state index in [0.29, 0.717) is 12.0 Å². The molecule has 1 fully saturated rings. The van der Waals surface area contributed by atoms with Crippen LogP contribution in [0.5, 0.6) is 0 Å². The summed E-state index contributed by atoms with van der Waals surface area (Å²) in [7, 11) is 0. The fourth-order valence-electron chi connectivity index (χ4n) is 2.79. The van der Waals surface area contributed by atoms with E-state index in [4.69, 9.17) is 5.73 Å². The number of rotatable bonds is 1. The van der Waals surface area contributed by atoms with Gasteiger partial charge in [-0.15, -0.1) is 0 Å². The molecule has 0 saturated heterocycles. The van der Waals surface area contributed by atoms with Crippen LogP contribution in [0.2, 0.25) is 0 Å². The summed E-state index contributed by atoms with van der Waals surface area (Å²) in [5.41, 5.74) is 8.24. The zero-order chi connectivity index (χ0) is 11.0. The van der Waals surface area contributed by atoms with E-state index in [2.05, 4.69) is 21.7 Å². The van der Waals surface area contributed by atoms with Crippen molar-refractivity contribution in [1.82, 2.24) is 9.55 Å². The van der Waals surface area contributed by atoms with E-state index >= 15 is 0 Å². The van der Waals surface area contributed by atoms with Crippen LogP contribution in [0.1, 0.15) is 38.1 Å². The van der Waals surface area contributed by atoms with Gasteiger partial charge in [0.2, 0.25) is 5.95 Å². The zero-order valence-electron chi connectivity index (χ0n) is 9.39. The van der Waals surface area contributed by atoms with Crippen molar-refractivity contribution in [3.05, 3.63) is 24.3 Å². The minimum absolute atomic E-state index is 0.557. The number of hydrogen-bond donors (Lipinski definition) is 1. The van der Waals surface area contributed by atoms with Crippen LogP contribution < -0.4 is 5.73 Å². The Balaban J connectivity index is 2.10. The van der Waals surface area contributed by atoms with Crippen LogP contribution in [0.4, 0.5) is 5.95 Å². The van der Waals surface area contributed by atoms with Gasteiger partial charge < -0.3 is 10.3 Å². The van der Waals surface area contributed by atoms with Gasteiger partial charge in [0.15, 0.2) is 0 Å². The van der Waals surface area contributed by atoms with Crippen LogP contribution in [0.25, 0.3) is 11.0 Å². The summed E-state index contributed by atoms with van der Waals surface area (Å²) in [5, 5.41) is 0. The van der Waals surface area contributed by atoms with Crippen molar-refractivity contribution < 1.29 is 0 Å². The van der Waals surface area contributed by atoms with Gasteiger partial charge >= 0.3 is 0 Å². The van der Waals surface area contributed by atoms with Crippen molar-refractivity contribution in [2.45, 2.75) is 38.1 Å². The number of anilines is 1. The van der Waals surface area contributed by atoms with Gasteiger partial charge in [-0.2, -0.15) is 0 Å². The van der Waals surface area contributed by atoms with Crippen LogP contribution >= 0.6 is 0 Å². The van der Waals surface area contributed by atoms with E-state index in [-0.39, 0.29) is 0 Å². The minimum atomic E-state index is 0.557. The minimum Gasteiger partial charge on any atom is -0.369 e. The van der Waals surface area contributed by atoms with Crippen molar-refractivity contribution in [3.8, 4) is 0 Å². The number of para-hydroxylation sites is 2. The standard InChI is InChI=1S/C13H17N3/c14-13-15-11-8-4-5-9-12(11)16(13)10-6-2-1-3-7-10/h4-5,8-10H,1-3,6-7H2,(H2,14,15). The van der Waals surface area contributed by atoms with Gasteiger partial charge in [0.25, 0.3) is 0 Å². The lowest BCUT2D eigenvalue weighted by Crippen LogP contribution is -2.14. The van der Waals surface area contributed by atoms with Gasteiger partial charge in [-0.1, -0.05) is 31.4 Å². The summed E-state index contributed by atoms with van der Waals surface area (Å²) in [6.07, 6.45) is 6.48. The highest BCUT2D eigenvalue weighted by atomic mass is 15.2. The van der Waals surface area contributed by atoms with Crippen molar-refractivity contribution in [2.75, 3.05) is 5.73 Å². The third-order valence-corrected chi connectivity index (χ3v) is 3.56. The maximum absolute atomic E-state index is 6.04. The van der Waals surface area contributed by atoms with Crippen LogP contribution in [0.3, 0.4) is 0 Å². The Morgan fingerprint density at radius 1 is 1.12 bits per heavy atom. The van der Waals surface area contributed by atoms with Gasteiger partial charge in [-0.25, -0.2) is 4.98 Å². The Hall–Kier alpha value is -1.51. The maximum atomic E-state index is 6.04. The molecule has 1 aliphatic rings. The van der Waals surface area contributed by atoms with E-state index in [9.17, 15) is 0 Å². The van der Waals surface area contributed by atoms with Crippen LogP contribution in [0.15, 0.2) is 24.3 Å². The molecule has 1 aromatic heterocycles. The highest BCUT2D eigenvalue weighted by Crippen LogP contribution is 2.32. The largest absolute Gasteiger partial charge is 0.369 e. The number of nitrogens with zero attached hydrogens (tertiary/aromatic N) is 2. The second-order valence-corrected chi connectivity index (χ2v) is 4.62. The highest BCUT2D eigenvalue weighted by Gasteiger charge is 2.19. The Labute approximate surface area is 95.3 Å².